The van der Waals surface area contributed by atoms with Crippen LogP contribution < -0.4 is 5.73 Å². The number of carbonyl (C=O) groups excluding carboxylic acids is 1. The molecule has 0 spiro atoms. The van der Waals surface area contributed by atoms with Gasteiger partial charge in [0.2, 0.25) is 0 Å². The van der Waals surface area contributed by atoms with Crippen molar-refractivity contribution in [1.29, 1.82) is 5.26 Å². The van der Waals surface area contributed by atoms with E-state index in [-0.39, 0.29) is 6.61 Å². The molecular formula is C8H12N2O2. The highest BCUT2D eigenvalue weighted by Crippen LogP contribution is 1.90. The van der Waals surface area contributed by atoms with Gasteiger partial charge in [-0.2, -0.15) is 5.26 Å². The topological polar surface area (TPSA) is 76.1 Å². The Balaban J connectivity index is 3.47. The number of hydrogen-bond donors (Lipinski definition) is 1. The lowest BCUT2D eigenvalue weighted by atomic mass is 10.3. The van der Waals surface area contributed by atoms with Crippen LogP contribution in [-0.4, -0.2) is 12.6 Å². The van der Waals surface area contributed by atoms with Gasteiger partial charge in [-0.1, -0.05) is 0 Å². The molecule has 0 aromatic rings. The van der Waals surface area contributed by atoms with E-state index >= 15 is 0 Å². The molecule has 0 aromatic heterocycles. The largest absolute Gasteiger partial charge is 0.462 e. The number of ether oxygens (including phenoxy) is 1. The number of esters is 1. The smallest absolute Gasteiger partial charge is 0.332 e. The molecule has 0 unspecified atom stereocenters. The predicted octanol–water partition coefficient (Wildman–Crippen LogP) is 0.696. The van der Waals surface area contributed by atoms with E-state index in [0.717, 1.165) is 0 Å². The molecule has 4 heteroatoms. The molecule has 0 aromatic carbocycles. The number of allylic oxidation sites excluding steroid dienone is 1. The standard InChI is InChI=1S/C8H12N2O2/c1-7(10)6-8(11)12-5-3-2-4-9/h6H,2-3,5,10H2,1H3/b7-6-. The van der Waals surface area contributed by atoms with Crippen LogP contribution in [0.2, 0.25) is 0 Å². The maximum atomic E-state index is 10.8. The maximum Gasteiger partial charge on any atom is 0.332 e. The number of hydrogen-bond acceptors (Lipinski definition) is 4. The molecule has 0 aliphatic heterocycles. The van der Waals surface area contributed by atoms with Crippen molar-refractivity contribution in [2.45, 2.75) is 19.8 Å². The molecule has 0 radical (unpaired) electrons. The van der Waals surface area contributed by atoms with Crippen LogP contribution in [0.25, 0.3) is 0 Å². The Morgan fingerprint density at radius 3 is 2.92 bits per heavy atom. The van der Waals surface area contributed by atoms with Gasteiger partial charge in [0, 0.05) is 18.2 Å². The number of nitrogens with two attached hydrogens (primary N) is 1. The van der Waals surface area contributed by atoms with Gasteiger partial charge in [0.15, 0.2) is 0 Å². The first kappa shape index (κ1) is 10.5. The van der Waals surface area contributed by atoms with Gasteiger partial charge in [-0.05, 0) is 13.3 Å². The zero-order valence-corrected chi connectivity index (χ0v) is 7.04. The lowest BCUT2D eigenvalue weighted by molar-refractivity contribution is -0.137. The van der Waals surface area contributed by atoms with Crippen molar-refractivity contribution >= 4 is 5.97 Å². The molecule has 0 bridgehead atoms. The Kier molecular flexibility index (Phi) is 5.45. The molecule has 0 rings (SSSR count). The summed E-state index contributed by atoms with van der Waals surface area (Å²) in [5.41, 5.74) is 5.65. The Labute approximate surface area is 71.6 Å². The van der Waals surface area contributed by atoms with Crippen LogP contribution in [0.4, 0.5) is 0 Å². The van der Waals surface area contributed by atoms with Crippen molar-refractivity contribution in [1.82, 2.24) is 0 Å². The van der Waals surface area contributed by atoms with E-state index in [9.17, 15) is 4.79 Å². The minimum absolute atomic E-state index is 0.274. The molecule has 66 valence electrons. The lowest BCUT2D eigenvalue weighted by Crippen LogP contribution is -2.05. The van der Waals surface area contributed by atoms with E-state index in [1.807, 2.05) is 6.07 Å². The summed E-state index contributed by atoms with van der Waals surface area (Å²) < 4.78 is 4.71. The third-order valence-electron chi connectivity index (χ3n) is 1.02. The molecule has 0 heterocycles. The van der Waals surface area contributed by atoms with Gasteiger partial charge < -0.3 is 10.5 Å². The van der Waals surface area contributed by atoms with Gasteiger partial charge in [0.05, 0.1) is 12.7 Å². The number of rotatable bonds is 4. The molecule has 12 heavy (non-hydrogen) atoms. The SMILES string of the molecule is C/C(N)=C/C(=O)OCCCC#N. The molecule has 4 nitrogen and oxygen atoms in total. The number of nitriles is 1. The van der Waals surface area contributed by atoms with Gasteiger partial charge in [0.1, 0.15) is 0 Å². The lowest BCUT2D eigenvalue weighted by Gasteiger charge is -1.98. The summed E-state index contributed by atoms with van der Waals surface area (Å²) in [6.07, 6.45) is 2.19. The second-order valence-electron chi connectivity index (χ2n) is 2.32. The van der Waals surface area contributed by atoms with E-state index in [0.29, 0.717) is 18.5 Å². The maximum absolute atomic E-state index is 10.8. The Hall–Kier alpha value is -1.50. The molecule has 0 fully saturated rings. The fourth-order valence-electron chi connectivity index (χ4n) is 0.552. The summed E-state index contributed by atoms with van der Waals surface area (Å²) in [6.45, 7) is 1.88. The molecule has 0 saturated carbocycles. The van der Waals surface area contributed by atoms with Crippen LogP contribution in [0.1, 0.15) is 19.8 Å². The highest BCUT2D eigenvalue weighted by molar-refractivity contribution is 5.82. The average molecular weight is 168 g/mol. The Morgan fingerprint density at radius 2 is 2.42 bits per heavy atom. The number of unbranched alkanes of at least 4 members (excludes halogenated alkanes) is 1. The van der Waals surface area contributed by atoms with Crippen molar-refractivity contribution in [3.8, 4) is 6.07 Å². The third-order valence-corrected chi connectivity index (χ3v) is 1.02. The first-order chi connectivity index (χ1) is 5.66. The van der Waals surface area contributed by atoms with E-state index < -0.39 is 5.97 Å². The van der Waals surface area contributed by atoms with Crippen molar-refractivity contribution < 1.29 is 9.53 Å². The van der Waals surface area contributed by atoms with Crippen LogP contribution in [0.3, 0.4) is 0 Å². The zero-order chi connectivity index (χ0) is 9.40. The van der Waals surface area contributed by atoms with Gasteiger partial charge in [-0.15, -0.1) is 0 Å². The van der Waals surface area contributed by atoms with Crippen molar-refractivity contribution in [2.24, 2.45) is 5.73 Å². The summed E-state index contributed by atoms with van der Waals surface area (Å²) in [5, 5.41) is 8.15. The second-order valence-corrected chi connectivity index (χ2v) is 2.32. The average Bonchev–Trinajstić information content (AvgIpc) is 1.97. The van der Waals surface area contributed by atoms with Crippen molar-refractivity contribution in [3.05, 3.63) is 11.8 Å². The van der Waals surface area contributed by atoms with Crippen LogP contribution in [0, 0.1) is 11.3 Å². The summed E-state index contributed by atoms with van der Waals surface area (Å²) in [7, 11) is 0. The molecule has 0 saturated heterocycles. The highest BCUT2D eigenvalue weighted by atomic mass is 16.5. The zero-order valence-electron chi connectivity index (χ0n) is 7.04. The van der Waals surface area contributed by atoms with Crippen molar-refractivity contribution in [3.63, 3.8) is 0 Å². The van der Waals surface area contributed by atoms with E-state index in [2.05, 4.69) is 0 Å². The quantitative estimate of drug-likeness (QED) is 0.380. The van der Waals surface area contributed by atoms with E-state index in [1.165, 1.54) is 6.08 Å². The molecule has 0 amide bonds. The van der Waals surface area contributed by atoms with Crippen LogP contribution in [-0.2, 0) is 9.53 Å². The van der Waals surface area contributed by atoms with Gasteiger partial charge in [-0.25, -0.2) is 4.79 Å². The minimum atomic E-state index is -0.451. The molecular weight excluding hydrogens is 156 g/mol. The predicted molar refractivity (Wildman–Crippen MR) is 43.8 cm³/mol. The minimum Gasteiger partial charge on any atom is -0.462 e. The monoisotopic (exact) mass is 168 g/mol. The van der Waals surface area contributed by atoms with Crippen LogP contribution >= 0.6 is 0 Å². The Bertz CT molecular complexity index is 212. The summed E-state index contributed by atoms with van der Waals surface area (Å²) in [5.74, 6) is -0.451. The summed E-state index contributed by atoms with van der Waals surface area (Å²) >= 11 is 0. The van der Waals surface area contributed by atoms with Gasteiger partial charge >= 0.3 is 5.97 Å². The fourth-order valence-corrected chi connectivity index (χ4v) is 0.552. The Morgan fingerprint density at radius 1 is 1.75 bits per heavy atom. The fraction of sp³-hybridized carbons (Fsp3) is 0.500. The second kappa shape index (κ2) is 6.23. The number of nitrogens with zero attached hydrogens (tertiary/aromatic N) is 1. The normalized spacial score (nSPS) is 10.5. The third kappa shape index (κ3) is 6.62. The van der Waals surface area contributed by atoms with Gasteiger partial charge in [-0.3, -0.25) is 0 Å². The highest BCUT2D eigenvalue weighted by Gasteiger charge is 1.96. The molecule has 0 aliphatic rings. The molecule has 0 aliphatic carbocycles. The molecule has 2 N–H and O–H groups in total. The van der Waals surface area contributed by atoms with Crippen molar-refractivity contribution in [2.75, 3.05) is 6.61 Å². The summed E-state index contributed by atoms with van der Waals surface area (Å²) in [4.78, 5) is 10.8. The summed E-state index contributed by atoms with van der Waals surface area (Å²) in [6, 6.07) is 1.95. The molecule has 0 atom stereocenters. The van der Waals surface area contributed by atoms with Gasteiger partial charge in [0.25, 0.3) is 0 Å². The van der Waals surface area contributed by atoms with E-state index in [4.69, 9.17) is 15.7 Å². The first-order valence-corrected chi connectivity index (χ1v) is 3.64. The van der Waals surface area contributed by atoms with Crippen LogP contribution in [0.15, 0.2) is 11.8 Å². The first-order valence-electron chi connectivity index (χ1n) is 3.64. The van der Waals surface area contributed by atoms with E-state index in [1.54, 1.807) is 6.92 Å². The van der Waals surface area contributed by atoms with Crippen LogP contribution in [0.5, 0.6) is 0 Å². The number of carbonyl (C=O) groups is 1.